The zero-order valence-electron chi connectivity index (χ0n) is 11.9. The molecule has 2 aromatic heterocycles. The van der Waals surface area contributed by atoms with E-state index in [1.807, 2.05) is 6.07 Å². The zero-order chi connectivity index (χ0) is 16.1. The summed E-state index contributed by atoms with van der Waals surface area (Å²) in [5.74, 6) is -1.00. The molecule has 7 heteroatoms. The molecule has 0 aliphatic carbocycles. The summed E-state index contributed by atoms with van der Waals surface area (Å²) < 4.78 is 29.3. The van der Waals surface area contributed by atoms with Gasteiger partial charge >= 0.3 is 0 Å². The molecule has 0 N–H and O–H groups in total. The summed E-state index contributed by atoms with van der Waals surface area (Å²) in [6.45, 7) is 1.76. The van der Waals surface area contributed by atoms with Crippen LogP contribution in [0.25, 0.3) is 28.1 Å². The average molecular weight is 331 g/mol. The first-order valence-electron chi connectivity index (χ1n) is 6.81. The molecule has 0 saturated heterocycles. The van der Waals surface area contributed by atoms with E-state index < -0.39 is 11.6 Å². The van der Waals surface area contributed by atoms with Gasteiger partial charge in [0.2, 0.25) is 0 Å². The summed E-state index contributed by atoms with van der Waals surface area (Å²) in [4.78, 5) is 4.46. The van der Waals surface area contributed by atoms with E-state index in [2.05, 4.69) is 15.2 Å². The van der Waals surface area contributed by atoms with Gasteiger partial charge in [-0.05, 0) is 19.1 Å². The van der Waals surface area contributed by atoms with Crippen molar-refractivity contribution in [3.8, 4) is 11.4 Å². The van der Waals surface area contributed by atoms with Crippen LogP contribution in [0.3, 0.4) is 0 Å². The van der Waals surface area contributed by atoms with E-state index in [0.717, 1.165) is 6.07 Å². The lowest BCUT2D eigenvalue weighted by molar-refractivity contribution is 0.588. The van der Waals surface area contributed by atoms with Gasteiger partial charge in [-0.25, -0.2) is 13.8 Å². The van der Waals surface area contributed by atoms with Crippen molar-refractivity contribution in [2.45, 2.75) is 6.92 Å². The maximum atomic E-state index is 14.0. The number of aromatic nitrogens is 4. The van der Waals surface area contributed by atoms with Crippen LogP contribution >= 0.6 is 11.6 Å². The molecule has 0 radical (unpaired) electrons. The van der Waals surface area contributed by atoms with E-state index in [-0.39, 0.29) is 11.0 Å². The predicted molar refractivity (Wildman–Crippen MR) is 83.4 cm³/mol. The highest BCUT2D eigenvalue weighted by Gasteiger charge is 2.18. The van der Waals surface area contributed by atoms with Gasteiger partial charge < -0.3 is 0 Å². The molecule has 2 heterocycles. The summed E-state index contributed by atoms with van der Waals surface area (Å²) in [7, 11) is 0. The van der Waals surface area contributed by atoms with Gasteiger partial charge in [-0.2, -0.15) is 0 Å². The minimum atomic E-state index is -0.772. The fourth-order valence-corrected chi connectivity index (χ4v) is 2.83. The van der Waals surface area contributed by atoms with Gasteiger partial charge in [0.05, 0.1) is 16.2 Å². The Bertz CT molecular complexity index is 1070. The van der Waals surface area contributed by atoms with Gasteiger partial charge in [0.1, 0.15) is 17.2 Å². The molecule has 0 saturated carbocycles. The van der Waals surface area contributed by atoms with E-state index >= 15 is 0 Å². The van der Waals surface area contributed by atoms with Crippen LogP contribution in [0.5, 0.6) is 0 Å². The number of hydrogen-bond donors (Lipinski definition) is 0. The Morgan fingerprint density at radius 2 is 1.87 bits per heavy atom. The molecule has 0 unspecified atom stereocenters. The Balaban J connectivity index is 2.22. The maximum Gasteiger partial charge on any atom is 0.183 e. The summed E-state index contributed by atoms with van der Waals surface area (Å²) in [5, 5.41) is 8.36. The molecular weight excluding hydrogens is 322 g/mol. The Morgan fingerprint density at radius 3 is 2.65 bits per heavy atom. The zero-order valence-corrected chi connectivity index (χ0v) is 12.6. The molecule has 0 aliphatic rings. The molecule has 4 aromatic rings. The van der Waals surface area contributed by atoms with Gasteiger partial charge in [0, 0.05) is 17.7 Å². The number of aryl methyl sites for hydroxylation is 1. The molecule has 23 heavy (non-hydrogen) atoms. The highest BCUT2D eigenvalue weighted by Crippen LogP contribution is 2.30. The molecule has 0 spiro atoms. The predicted octanol–water partition coefficient (Wildman–Crippen LogP) is 4.18. The number of fused-ring (bicyclic) bond motifs is 3. The second kappa shape index (κ2) is 4.96. The second-order valence-corrected chi connectivity index (χ2v) is 5.52. The molecule has 4 rings (SSSR count). The summed E-state index contributed by atoms with van der Waals surface area (Å²) in [6.07, 6.45) is 0. The lowest BCUT2D eigenvalue weighted by Crippen LogP contribution is -2.00. The van der Waals surface area contributed by atoms with Gasteiger partial charge in [0.25, 0.3) is 0 Å². The second-order valence-electron chi connectivity index (χ2n) is 5.12. The third kappa shape index (κ3) is 2.06. The highest BCUT2D eigenvalue weighted by atomic mass is 35.5. The normalized spacial score (nSPS) is 11.5. The van der Waals surface area contributed by atoms with Crippen LogP contribution in [0, 0.1) is 18.6 Å². The Kier molecular flexibility index (Phi) is 3.02. The molecule has 4 nitrogen and oxygen atoms in total. The van der Waals surface area contributed by atoms with E-state index in [1.165, 1.54) is 6.07 Å². The summed E-state index contributed by atoms with van der Waals surface area (Å²) in [6, 6.07) is 9.12. The van der Waals surface area contributed by atoms with Crippen molar-refractivity contribution >= 4 is 28.3 Å². The topological polar surface area (TPSA) is 43.1 Å². The van der Waals surface area contributed by atoms with E-state index in [1.54, 1.807) is 29.5 Å². The first-order chi connectivity index (χ1) is 11.1. The highest BCUT2D eigenvalue weighted by molar-refractivity contribution is 6.33. The maximum absolute atomic E-state index is 14.0. The minimum absolute atomic E-state index is 0.0235. The molecule has 0 aliphatic heterocycles. The molecular formula is C16H9ClF2N4. The smallest absolute Gasteiger partial charge is 0.183 e. The number of nitrogens with zero attached hydrogens (tertiary/aromatic N) is 4. The SMILES string of the molecule is Cc1nc(-c2ccccc2Cl)n2c1nnc1c(F)cc(F)cc12. The number of rotatable bonds is 1. The molecule has 2 aromatic carbocycles. The first kappa shape index (κ1) is 14.0. The summed E-state index contributed by atoms with van der Waals surface area (Å²) in [5.41, 5.74) is 1.90. The third-order valence-electron chi connectivity index (χ3n) is 3.63. The van der Waals surface area contributed by atoms with Crippen molar-refractivity contribution in [3.05, 3.63) is 58.7 Å². The average Bonchev–Trinajstić information content (AvgIpc) is 2.85. The Hall–Kier alpha value is -2.60. The van der Waals surface area contributed by atoms with Crippen molar-refractivity contribution in [2.24, 2.45) is 0 Å². The van der Waals surface area contributed by atoms with Crippen LogP contribution in [0.4, 0.5) is 8.78 Å². The van der Waals surface area contributed by atoms with Crippen LogP contribution in [-0.2, 0) is 0 Å². The van der Waals surface area contributed by atoms with Crippen LogP contribution in [0.1, 0.15) is 5.69 Å². The van der Waals surface area contributed by atoms with Crippen molar-refractivity contribution in [1.29, 1.82) is 0 Å². The fourth-order valence-electron chi connectivity index (χ4n) is 2.61. The van der Waals surface area contributed by atoms with Crippen molar-refractivity contribution in [2.75, 3.05) is 0 Å². The molecule has 114 valence electrons. The van der Waals surface area contributed by atoms with Gasteiger partial charge in [0.15, 0.2) is 11.5 Å². The van der Waals surface area contributed by atoms with Crippen LogP contribution in [0.2, 0.25) is 5.02 Å². The van der Waals surface area contributed by atoms with Crippen molar-refractivity contribution in [3.63, 3.8) is 0 Å². The van der Waals surface area contributed by atoms with Crippen LogP contribution in [-0.4, -0.2) is 19.6 Å². The van der Waals surface area contributed by atoms with Crippen molar-refractivity contribution < 1.29 is 8.78 Å². The van der Waals surface area contributed by atoms with Gasteiger partial charge in [-0.3, -0.25) is 4.40 Å². The molecule has 0 atom stereocenters. The number of imidazole rings is 1. The lowest BCUT2D eigenvalue weighted by Gasteiger charge is -2.07. The number of benzene rings is 2. The van der Waals surface area contributed by atoms with E-state index in [9.17, 15) is 8.78 Å². The Labute approximate surface area is 134 Å². The quantitative estimate of drug-likeness (QED) is 0.525. The van der Waals surface area contributed by atoms with E-state index in [0.29, 0.717) is 27.8 Å². The molecule has 0 fully saturated rings. The largest absolute Gasteiger partial charge is 0.273 e. The van der Waals surface area contributed by atoms with Gasteiger partial charge in [-0.15, -0.1) is 10.2 Å². The standard InChI is InChI=1S/C16H9ClF2N4/c1-8-15-22-21-14-12(19)6-9(18)7-13(14)23(15)16(20-8)10-4-2-3-5-11(10)17/h2-7H,1H3. The fraction of sp³-hybridized carbons (Fsp3) is 0.0625. The number of hydrogen-bond acceptors (Lipinski definition) is 3. The molecule has 0 bridgehead atoms. The monoisotopic (exact) mass is 330 g/mol. The third-order valence-corrected chi connectivity index (χ3v) is 3.96. The number of halogens is 3. The summed E-state index contributed by atoms with van der Waals surface area (Å²) >= 11 is 6.24. The van der Waals surface area contributed by atoms with Crippen molar-refractivity contribution in [1.82, 2.24) is 19.6 Å². The van der Waals surface area contributed by atoms with Crippen LogP contribution < -0.4 is 0 Å². The van der Waals surface area contributed by atoms with E-state index in [4.69, 9.17) is 11.6 Å². The lowest BCUT2D eigenvalue weighted by atomic mass is 10.2. The van der Waals surface area contributed by atoms with Gasteiger partial charge in [-0.1, -0.05) is 23.7 Å². The minimum Gasteiger partial charge on any atom is -0.273 e. The molecule has 0 amide bonds. The Morgan fingerprint density at radius 1 is 1.09 bits per heavy atom. The van der Waals surface area contributed by atoms with Crippen LogP contribution in [0.15, 0.2) is 36.4 Å². The first-order valence-corrected chi connectivity index (χ1v) is 7.19.